The maximum absolute atomic E-state index is 12.9. The van der Waals surface area contributed by atoms with E-state index in [1.54, 1.807) is 12.3 Å². The van der Waals surface area contributed by atoms with E-state index in [4.69, 9.17) is 9.47 Å². The molecule has 144 valence electrons. The Morgan fingerprint density at radius 1 is 1.19 bits per heavy atom. The molecule has 1 unspecified atom stereocenters. The Morgan fingerprint density at radius 3 is 2.59 bits per heavy atom. The maximum atomic E-state index is 12.9. The molecule has 0 N–H and O–H groups in total. The lowest BCUT2D eigenvalue weighted by molar-refractivity contribution is 0.0525. The summed E-state index contributed by atoms with van der Waals surface area (Å²) in [4.78, 5) is 22.9. The van der Waals surface area contributed by atoms with Crippen molar-refractivity contribution in [1.29, 1.82) is 0 Å². The van der Waals surface area contributed by atoms with Gasteiger partial charge in [-0.2, -0.15) is 4.98 Å². The van der Waals surface area contributed by atoms with Gasteiger partial charge in [0.2, 0.25) is 5.88 Å². The monoisotopic (exact) mass is 369 g/mol. The van der Waals surface area contributed by atoms with Crippen molar-refractivity contribution in [3.05, 3.63) is 47.7 Å². The van der Waals surface area contributed by atoms with Crippen LogP contribution >= 0.6 is 0 Å². The number of nitrogens with zero attached hydrogens (tertiary/aromatic N) is 3. The highest BCUT2D eigenvalue weighted by Gasteiger charge is 2.26. The third-order valence-electron chi connectivity index (χ3n) is 4.74. The van der Waals surface area contributed by atoms with Crippen LogP contribution in [0.2, 0.25) is 0 Å². The first kappa shape index (κ1) is 19.1. The second-order valence-electron chi connectivity index (χ2n) is 7.84. The Kier molecular flexibility index (Phi) is 5.63. The summed E-state index contributed by atoms with van der Waals surface area (Å²) in [7, 11) is 1.52. The molecule has 0 aliphatic carbocycles. The van der Waals surface area contributed by atoms with E-state index in [0.717, 1.165) is 19.4 Å². The topological polar surface area (TPSA) is 64.6 Å². The number of ether oxygens (including phenoxy) is 2. The molecule has 1 saturated heterocycles. The van der Waals surface area contributed by atoms with Crippen molar-refractivity contribution < 1.29 is 14.3 Å². The number of benzene rings is 1. The summed E-state index contributed by atoms with van der Waals surface area (Å²) < 4.78 is 11.0. The van der Waals surface area contributed by atoms with E-state index in [9.17, 15) is 4.79 Å². The largest absolute Gasteiger partial charge is 0.472 e. The average molecular weight is 369 g/mol. The van der Waals surface area contributed by atoms with Crippen molar-refractivity contribution in [2.45, 2.75) is 45.1 Å². The van der Waals surface area contributed by atoms with Gasteiger partial charge in [0.1, 0.15) is 6.10 Å². The normalized spacial score (nSPS) is 17.5. The van der Waals surface area contributed by atoms with Gasteiger partial charge in [0.25, 0.3) is 5.91 Å². The third kappa shape index (κ3) is 4.76. The van der Waals surface area contributed by atoms with Gasteiger partial charge in [0, 0.05) is 24.4 Å². The number of rotatable bonds is 4. The van der Waals surface area contributed by atoms with Gasteiger partial charge in [0.05, 0.1) is 13.7 Å². The van der Waals surface area contributed by atoms with Gasteiger partial charge >= 0.3 is 6.01 Å². The van der Waals surface area contributed by atoms with Gasteiger partial charge in [-0.3, -0.25) is 4.79 Å². The summed E-state index contributed by atoms with van der Waals surface area (Å²) in [5, 5.41) is 0. The van der Waals surface area contributed by atoms with Crippen LogP contribution in [0.25, 0.3) is 0 Å². The Bertz CT molecular complexity index is 784. The standard InChI is InChI=1S/C21H27N3O3/c1-21(2,3)16-9-7-15(8-10-16)19(25)24-13-5-6-17(14-24)27-18-11-12-22-20(23-18)26-4/h7-12,17H,5-6,13-14H2,1-4H3. The molecule has 1 aromatic carbocycles. The molecule has 6 heteroatoms. The smallest absolute Gasteiger partial charge is 0.319 e. The molecule has 0 bridgehead atoms. The Labute approximate surface area is 160 Å². The number of carbonyl (C=O) groups excluding carboxylic acids is 1. The average Bonchev–Trinajstić information content (AvgIpc) is 2.67. The van der Waals surface area contributed by atoms with Gasteiger partial charge in [0.15, 0.2) is 0 Å². The Balaban J connectivity index is 1.65. The molecule has 27 heavy (non-hydrogen) atoms. The van der Waals surface area contributed by atoms with Gasteiger partial charge in [-0.1, -0.05) is 32.9 Å². The van der Waals surface area contributed by atoms with Crippen molar-refractivity contribution in [2.24, 2.45) is 0 Å². The zero-order valence-electron chi connectivity index (χ0n) is 16.4. The van der Waals surface area contributed by atoms with E-state index in [2.05, 4.69) is 30.7 Å². The number of piperidine rings is 1. The van der Waals surface area contributed by atoms with Crippen LogP contribution in [-0.2, 0) is 5.41 Å². The van der Waals surface area contributed by atoms with E-state index < -0.39 is 0 Å². The molecule has 1 aliphatic rings. The minimum absolute atomic E-state index is 0.0454. The van der Waals surface area contributed by atoms with E-state index in [1.165, 1.54) is 12.7 Å². The molecule has 0 radical (unpaired) electrons. The predicted molar refractivity (Wildman–Crippen MR) is 103 cm³/mol. The first-order valence-electron chi connectivity index (χ1n) is 9.30. The van der Waals surface area contributed by atoms with E-state index >= 15 is 0 Å². The fraction of sp³-hybridized carbons (Fsp3) is 0.476. The van der Waals surface area contributed by atoms with Crippen LogP contribution in [0.5, 0.6) is 11.9 Å². The molecule has 1 amide bonds. The summed E-state index contributed by atoms with van der Waals surface area (Å²) >= 11 is 0. The maximum Gasteiger partial charge on any atom is 0.319 e. The number of methoxy groups -OCH3 is 1. The molecule has 3 rings (SSSR count). The highest BCUT2D eigenvalue weighted by atomic mass is 16.5. The van der Waals surface area contributed by atoms with E-state index in [-0.39, 0.29) is 23.4 Å². The molecule has 1 aliphatic heterocycles. The third-order valence-corrected chi connectivity index (χ3v) is 4.74. The Morgan fingerprint density at radius 2 is 1.93 bits per heavy atom. The molecule has 2 heterocycles. The second-order valence-corrected chi connectivity index (χ2v) is 7.84. The van der Waals surface area contributed by atoms with Gasteiger partial charge < -0.3 is 14.4 Å². The highest BCUT2D eigenvalue weighted by Crippen LogP contribution is 2.24. The van der Waals surface area contributed by atoms with Crippen LogP contribution in [-0.4, -0.2) is 47.1 Å². The second kappa shape index (κ2) is 7.94. The quantitative estimate of drug-likeness (QED) is 0.826. The van der Waals surface area contributed by atoms with Gasteiger partial charge in [-0.25, -0.2) is 4.98 Å². The van der Waals surface area contributed by atoms with Crippen LogP contribution in [0.4, 0.5) is 0 Å². The van der Waals surface area contributed by atoms with Crippen molar-refractivity contribution >= 4 is 5.91 Å². The predicted octanol–water partition coefficient (Wildman–Crippen LogP) is 3.47. The Hall–Kier alpha value is -2.63. The summed E-state index contributed by atoms with van der Waals surface area (Å²) in [6, 6.07) is 9.89. The van der Waals surface area contributed by atoms with Crippen LogP contribution in [0, 0.1) is 0 Å². The first-order valence-corrected chi connectivity index (χ1v) is 9.30. The first-order chi connectivity index (χ1) is 12.9. The minimum Gasteiger partial charge on any atom is -0.472 e. The summed E-state index contributed by atoms with van der Waals surface area (Å²) in [6.45, 7) is 7.79. The van der Waals surface area contributed by atoms with Crippen molar-refractivity contribution in [3.8, 4) is 11.9 Å². The molecule has 0 saturated carbocycles. The number of carbonyl (C=O) groups is 1. The summed E-state index contributed by atoms with van der Waals surface area (Å²) in [5.74, 6) is 0.514. The van der Waals surface area contributed by atoms with E-state index in [1.807, 2.05) is 29.2 Å². The van der Waals surface area contributed by atoms with Crippen LogP contribution in [0.3, 0.4) is 0 Å². The summed E-state index contributed by atoms with van der Waals surface area (Å²) in [5.41, 5.74) is 2.01. The molecule has 0 spiro atoms. The fourth-order valence-electron chi connectivity index (χ4n) is 3.17. The number of aromatic nitrogens is 2. The highest BCUT2D eigenvalue weighted by molar-refractivity contribution is 5.94. The zero-order chi connectivity index (χ0) is 19.4. The number of hydrogen-bond donors (Lipinski definition) is 0. The van der Waals surface area contributed by atoms with Crippen molar-refractivity contribution in [1.82, 2.24) is 14.9 Å². The molecule has 6 nitrogen and oxygen atoms in total. The van der Waals surface area contributed by atoms with E-state index in [0.29, 0.717) is 18.0 Å². The number of likely N-dealkylation sites (tertiary alicyclic amines) is 1. The van der Waals surface area contributed by atoms with Crippen molar-refractivity contribution in [2.75, 3.05) is 20.2 Å². The number of amides is 1. The summed E-state index contributed by atoms with van der Waals surface area (Å²) in [6.07, 6.45) is 3.30. The molecule has 2 aromatic rings. The van der Waals surface area contributed by atoms with Crippen LogP contribution in [0.15, 0.2) is 36.5 Å². The number of hydrogen-bond acceptors (Lipinski definition) is 5. The lowest BCUT2D eigenvalue weighted by atomic mass is 9.86. The molecular weight excluding hydrogens is 342 g/mol. The lowest BCUT2D eigenvalue weighted by Gasteiger charge is -2.32. The van der Waals surface area contributed by atoms with Crippen molar-refractivity contribution in [3.63, 3.8) is 0 Å². The lowest BCUT2D eigenvalue weighted by Crippen LogP contribution is -2.44. The van der Waals surface area contributed by atoms with Gasteiger partial charge in [-0.05, 0) is 36.0 Å². The van der Waals surface area contributed by atoms with Crippen LogP contribution in [0.1, 0.15) is 49.5 Å². The van der Waals surface area contributed by atoms with Gasteiger partial charge in [-0.15, -0.1) is 0 Å². The minimum atomic E-state index is -0.0869. The fourth-order valence-corrected chi connectivity index (χ4v) is 3.17. The SMILES string of the molecule is COc1nccc(OC2CCCN(C(=O)c3ccc(C(C)(C)C)cc3)C2)n1. The van der Waals surface area contributed by atoms with Crippen LogP contribution < -0.4 is 9.47 Å². The molecule has 1 fully saturated rings. The molecule has 1 atom stereocenters. The molecular formula is C21H27N3O3. The molecule has 1 aromatic heterocycles. The zero-order valence-corrected chi connectivity index (χ0v) is 16.4.